The third-order valence-electron chi connectivity index (χ3n) is 3.67. The number of benzene rings is 2. The van der Waals surface area contributed by atoms with Gasteiger partial charge in [-0.1, -0.05) is 67.4 Å². The Kier molecular flexibility index (Phi) is 4.16. The van der Waals surface area contributed by atoms with E-state index in [0.29, 0.717) is 0 Å². The van der Waals surface area contributed by atoms with Crippen molar-refractivity contribution in [1.29, 1.82) is 0 Å². The van der Waals surface area contributed by atoms with Crippen LogP contribution in [0, 0.1) is 0 Å². The lowest BCUT2D eigenvalue weighted by Crippen LogP contribution is -2.23. The lowest BCUT2D eigenvalue weighted by atomic mass is 10.1. The van der Waals surface area contributed by atoms with Gasteiger partial charge in [0.1, 0.15) is 6.17 Å². The minimum atomic E-state index is 0.110. The molecule has 1 heterocycles. The molecule has 2 nitrogen and oxygen atoms in total. The summed E-state index contributed by atoms with van der Waals surface area (Å²) in [6, 6.07) is 18.5. The van der Waals surface area contributed by atoms with Crippen LogP contribution in [-0.4, -0.2) is 0 Å². The normalized spacial score (nSPS) is 17.5. The first-order chi connectivity index (χ1) is 10.3. The number of hydrogen-bond acceptors (Lipinski definition) is 2. The van der Waals surface area contributed by atoms with Gasteiger partial charge in [0.05, 0.1) is 5.70 Å². The minimum absolute atomic E-state index is 0.110. The molecule has 0 spiro atoms. The maximum atomic E-state index is 5.97. The van der Waals surface area contributed by atoms with Gasteiger partial charge in [-0.3, -0.25) is 0 Å². The van der Waals surface area contributed by atoms with E-state index in [2.05, 4.69) is 54.0 Å². The van der Waals surface area contributed by atoms with E-state index in [-0.39, 0.29) is 6.17 Å². The molecule has 21 heavy (non-hydrogen) atoms. The predicted molar refractivity (Wildman–Crippen MR) is 88.7 cm³/mol. The summed E-state index contributed by atoms with van der Waals surface area (Å²) in [7, 11) is 0. The van der Waals surface area contributed by atoms with E-state index in [4.69, 9.17) is 11.6 Å². The molecule has 1 aliphatic heterocycles. The molecule has 0 saturated heterocycles. The molecule has 0 aromatic heterocycles. The summed E-state index contributed by atoms with van der Waals surface area (Å²) in [6.45, 7) is 2.20. The van der Waals surface area contributed by atoms with Crippen molar-refractivity contribution in [2.45, 2.75) is 25.9 Å². The number of rotatable bonds is 4. The van der Waals surface area contributed by atoms with E-state index in [9.17, 15) is 0 Å². The smallest absolute Gasteiger partial charge is 0.123 e. The summed E-state index contributed by atoms with van der Waals surface area (Å²) in [4.78, 5) is 0. The second kappa shape index (κ2) is 6.23. The lowest BCUT2D eigenvalue weighted by molar-refractivity contribution is 0.587. The van der Waals surface area contributed by atoms with Crippen molar-refractivity contribution in [3.63, 3.8) is 0 Å². The van der Waals surface area contributed by atoms with Crippen LogP contribution in [0.1, 0.15) is 37.1 Å². The average molecular weight is 299 g/mol. The molecule has 108 valence electrons. The van der Waals surface area contributed by atoms with Gasteiger partial charge in [-0.25, -0.2) is 0 Å². The Bertz CT molecular complexity index is 632. The van der Waals surface area contributed by atoms with Gasteiger partial charge in [0.15, 0.2) is 0 Å². The molecule has 2 N–H and O–H groups in total. The summed E-state index contributed by atoms with van der Waals surface area (Å²) in [5.74, 6) is 0. The molecule has 1 atom stereocenters. The van der Waals surface area contributed by atoms with Crippen LogP contribution >= 0.6 is 11.6 Å². The highest BCUT2D eigenvalue weighted by Gasteiger charge is 2.23. The fourth-order valence-electron chi connectivity index (χ4n) is 2.65. The van der Waals surface area contributed by atoms with E-state index in [0.717, 1.165) is 17.9 Å². The first-order valence-electron chi connectivity index (χ1n) is 7.35. The molecule has 0 fully saturated rings. The maximum absolute atomic E-state index is 5.97. The van der Waals surface area contributed by atoms with Crippen molar-refractivity contribution in [1.82, 2.24) is 10.6 Å². The molecule has 1 aliphatic rings. The molecule has 0 aliphatic carbocycles. The molecule has 2 aromatic rings. The quantitative estimate of drug-likeness (QED) is 0.855. The maximum Gasteiger partial charge on any atom is 0.123 e. The summed E-state index contributed by atoms with van der Waals surface area (Å²) in [5, 5.41) is 7.97. The summed E-state index contributed by atoms with van der Waals surface area (Å²) >= 11 is 5.97. The van der Waals surface area contributed by atoms with Crippen molar-refractivity contribution in [3.8, 4) is 0 Å². The highest BCUT2D eigenvalue weighted by molar-refractivity contribution is 6.30. The highest BCUT2D eigenvalue weighted by atomic mass is 35.5. The number of nitrogens with one attached hydrogen (secondary N) is 2. The molecule has 1 unspecified atom stereocenters. The minimum Gasteiger partial charge on any atom is -0.363 e. The van der Waals surface area contributed by atoms with Crippen molar-refractivity contribution in [2.24, 2.45) is 0 Å². The molecule has 3 rings (SSSR count). The third-order valence-corrected chi connectivity index (χ3v) is 3.93. The van der Waals surface area contributed by atoms with Crippen LogP contribution in [0.4, 0.5) is 0 Å². The number of allylic oxidation sites excluding steroid dienone is 1. The Morgan fingerprint density at radius 2 is 1.67 bits per heavy atom. The van der Waals surface area contributed by atoms with E-state index in [1.165, 1.54) is 22.5 Å². The second-order valence-corrected chi connectivity index (χ2v) is 5.68. The monoisotopic (exact) mass is 298 g/mol. The van der Waals surface area contributed by atoms with Crippen molar-refractivity contribution in [3.05, 3.63) is 76.4 Å². The zero-order chi connectivity index (χ0) is 14.7. The van der Waals surface area contributed by atoms with Gasteiger partial charge < -0.3 is 10.6 Å². The molecule has 2 aromatic carbocycles. The average Bonchev–Trinajstić information content (AvgIpc) is 2.93. The fraction of sp³-hybridized carbons (Fsp3) is 0.222. The molecule has 3 heteroatoms. The summed E-state index contributed by atoms with van der Waals surface area (Å²) < 4.78 is 0. The third kappa shape index (κ3) is 3.06. The first kappa shape index (κ1) is 14.0. The van der Waals surface area contributed by atoms with Gasteiger partial charge in [-0.05, 0) is 29.7 Å². The van der Waals surface area contributed by atoms with Crippen LogP contribution in [0.3, 0.4) is 0 Å². The Morgan fingerprint density at radius 1 is 0.952 bits per heavy atom. The molecule has 0 bridgehead atoms. The molecule has 0 saturated carbocycles. The second-order valence-electron chi connectivity index (χ2n) is 5.24. The van der Waals surface area contributed by atoms with Gasteiger partial charge in [-0.15, -0.1) is 0 Å². The highest BCUT2D eigenvalue weighted by Crippen LogP contribution is 2.29. The summed E-state index contributed by atoms with van der Waals surface area (Å²) in [5.41, 5.74) is 4.91. The molecule has 0 radical (unpaired) electrons. The zero-order valence-electron chi connectivity index (χ0n) is 12.1. The van der Waals surface area contributed by atoms with E-state index in [1.54, 1.807) is 0 Å². The fourth-order valence-corrected chi connectivity index (χ4v) is 2.77. The van der Waals surface area contributed by atoms with E-state index >= 15 is 0 Å². The van der Waals surface area contributed by atoms with Crippen LogP contribution in [0.25, 0.3) is 5.70 Å². The first-order valence-corrected chi connectivity index (χ1v) is 7.73. The summed E-state index contributed by atoms with van der Waals surface area (Å²) in [6.07, 6.45) is 2.27. The molecular weight excluding hydrogens is 280 g/mol. The van der Waals surface area contributed by atoms with Crippen molar-refractivity contribution < 1.29 is 0 Å². The van der Waals surface area contributed by atoms with Crippen LogP contribution in [0.5, 0.6) is 0 Å². The van der Waals surface area contributed by atoms with Crippen LogP contribution in [0.15, 0.2) is 60.3 Å². The Hall–Kier alpha value is -1.93. The van der Waals surface area contributed by atoms with Crippen molar-refractivity contribution >= 4 is 17.3 Å². The molecule has 0 amide bonds. The largest absolute Gasteiger partial charge is 0.363 e. The lowest BCUT2D eigenvalue weighted by Gasteiger charge is -2.15. The van der Waals surface area contributed by atoms with Gasteiger partial charge >= 0.3 is 0 Å². The van der Waals surface area contributed by atoms with Crippen LogP contribution in [-0.2, 0) is 0 Å². The van der Waals surface area contributed by atoms with Crippen molar-refractivity contribution in [2.75, 3.05) is 0 Å². The topological polar surface area (TPSA) is 24.1 Å². The SMILES string of the molecule is CCCC1=C(c2ccccc2)NC(c2ccc(Cl)cc2)N1. The van der Waals surface area contributed by atoms with Crippen LogP contribution < -0.4 is 10.6 Å². The van der Waals surface area contributed by atoms with Gasteiger partial charge in [0, 0.05) is 10.7 Å². The van der Waals surface area contributed by atoms with E-state index < -0.39 is 0 Å². The Labute approximate surface area is 130 Å². The molecular formula is C18H19ClN2. The van der Waals surface area contributed by atoms with Gasteiger partial charge in [-0.2, -0.15) is 0 Å². The number of halogens is 1. The Morgan fingerprint density at radius 3 is 2.33 bits per heavy atom. The van der Waals surface area contributed by atoms with Gasteiger partial charge in [0.2, 0.25) is 0 Å². The predicted octanol–water partition coefficient (Wildman–Crippen LogP) is 4.70. The van der Waals surface area contributed by atoms with Gasteiger partial charge in [0.25, 0.3) is 0 Å². The number of hydrogen-bond donors (Lipinski definition) is 2. The Balaban J connectivity index is 1.87. The standard InChI is InChI=1S/C18H19ClN2/c1-2-6-16-17(13-7-4-3-5-8-13)21-18(20-16)14-9-11-15(19)12-10-14/h3-5,7-12,18,20-21H,2,6H2,1H3. The zero-order valence-corrected chi connectivity index (χ0v) is 12.8. The van der Waals surface area contributed by atoms with E-state index in [1.807, 2.05) is 18.2 Å². The van der Waals surface area contributed by atoms with Crippen LogP contribution in [0.2, 0.25) is 5.02 Å².